The van der Waals surface area contributed by atoms with Crippen molar-refractivity contribution in [3.63, 3.8) is 0 Å². The number of nitriles is 1. The number of primary amides is 1. The van der Waals surface area contributed by atoms with Crippen LogP contribution >= 0.6 is 0 Å². The number of likely N-dealkylation sites (N-methyl/N-ethyl adjacent to an activating group) is 1. The fourth-order valence-electron chi connectivity index (χ4n) is 1.98. The molecule has 1 fully saturated rings. The van der Waals surface area contributed by atoms with Gasteiger partial charge in [0, 0.05) is 6.04 Å². The minimum Gasteiger partial charge on any atom is -0.369 e. The molecule has 4 nitrogen and oxygen atoms in total. The van der Waals surface area contributed by atoms with Crippen LogP contribution in [0.2, 0.25) is 0 Å². The van der Waals surface area contributed by atoms with E-state index in [1.807, 2.05) is 11.9 Å². The minimum atomic E-state index is -0.328. The lowest BCUT2D eigenvalue weighted by molar-refractivity contribution is -0.119. The molecule has 1 aliphatic rings. The van der Waals surface area contributed by atoms with Gasteiger partial charge in [0.25, 0.3) is 0 Å². The number of hydrogen-bond acceptors (Lipinski definition) is 3. The van der Waals surface area contributed by atoms with Crippen molar-refractivity contribution >= 4 is 5.91 Å². The van der Waals surface area contributed by atoms with Gasteiger partial charge in [-0.1, -0.05) is 6.42 Å². The summed E-state index contributed by atoms with van der Waals surface area (Å²) in [6, 6.07) is 2.49. The molecule has 1 rings (SSSR count). The summed E-state index contributed by atoms with van der Waals surface area (Å²) in [5.41, 5.74) is 5.08. The molecule has 0 radical (unpaired) electrons. The van der Waals surface area contributed by atoms with Crippen LogP contribution in [0.3, 0.4) is 0 Å². The molecule has 1 amide bonds. The van der Waals surface area contributed by atoms with Crippen molar-refractivity contribution in [1.29, 1.82) is 5.26 Å². The van der Waals surface area contributed by atoms with Crippen molar-refractivity contribution in [1.82, 2.24) is 4.90 Å². The van der Waals surface area contributed by atoms with E-state index in [2.05, 4.69) is 6.07 Å². The Bertz CT molecular complexity index is 234. The molecule has 0 aromatic rings. The topological polar surface area (TPSA) is 70.1 Å². The zero-order chi connectivity index (χ0) is 9.84. The molecule has 4 heteroatoms. The van der Waals surface area contributed by atoms with Crippen molar-refractivity contribution in [3.05, 3.63) is 0 Å². The third-order valence-corrected chi connectivity index (χ3v) is 2.62. The number of hydrogen-bond donors (Lipinski definition) is 1. The van der Waals surface area contributed by atoms with Gasteiger partial charge in [-0.2, -0.15) is 5.26 Å². The van der Waals surface area contributed by atoms with Crippen LogP contribution in [0, 0.1) is 17.2 Å². The molecule has 0 aromatic carbocycles. The van der Waals surface area contributed by atoms with Gasteiger partial charge in [-0.15, -0.1) is 0 Å². The van der Waals surface area contributed by atoms with E-state index in [1.54, 1.807) is 0 Å². The fourth-order valence-corrected chi connectivity index (χ4v) is 1.98. The normalized spacial score (nSPS) is 27.5. The molecule has 2 unspecified atom stereocenters. The van der Waals surface area contributed by atoms with Crippen LogP contribution < -0.4 is 5.73 Å². The van der Waals surface area contributed by atoms with E-state index < -0.39 is 0 Å². The number of carbonyl (C=O) groups is 1. The van der Waals surface area contributed by atoms with Crippen LogP contribution in [0.1, 0.15) is 19.3 Å². The number of amides is 1. The molecular formula is C9H15N3O. The fraction of sp³-hybridized carbons (Fsp3) is 0.778. The summed E-state index contributed by atoms with van der Waals surface area (Å²) in [5, 5.41) is 8.83. The third-order valence-electron chi connectivity index (χ3n) is 2.62. The van der Waals surface area contributed by atoms with Gasteiger partial charge < -0.3 is 5.73 Å². The second-order valence-electron chi connectivity index (χ2n) is 3.62. The molecule has 0 aliphatic heterocycles. The van der Waals surface area contributed by atoms with E-state index >= 15 is 0 Å². The van der Waals surface area contributed by atoms with E-state index in [0.29, 0.717) is 0 Å². The number of nitrogens with two attached hydrogens (primary N) is 1. The van der Waals surface area contributed by atoms with Crippen molar-refractivity contribution in [2.75, 3.05) is 13.6 Å². The first-order valence-electron chi connectivity index (χ1n) is 4.53. The van der Waals surface area contributed by atoms with Crippen LogP contribution in [0.15, 0.2) is 0 Å². The average Bonchev–Trinajstić information content (AvgIpc) is 2.49. The maximum Gasteiger partial charge on any atom is 0.231 e. The van der Waals surface area contributed by atoms with E-state index in [-0.39, 0.29) is 24.4 Å². The number of rotatable bonds is 3. The Morgan fingerprint density at radius 3 is 2.92 bits per heavy atom. The Balaban J connectivity index is 2.51. The molecule has 0 bridgehead atoms. The molecule has 2 N–H and O–H groups in total. The standard InChI is InChI=1S/C9H15N3O/c1-12(6-9(11)13)8-4-2-3-7(8)5-10/h7-8H,2-4,6H2,1H3,(H2,11,13). The second kappa shape index (κ2) is 4.24. The van der Waals surface area contributed by atoms with Gasteiger partial charge in [0.1, 0.15) is 0 Å². The van der Waals surface area contributed by atoms with Crippen molar-refractivity contribution < 1.29 is 4.79 Å². The summed E-state index contributed by atoms with van der Waals surface area (Å²) in [6.45, 7) is 0.253. The smallest absolute Gasteiger partial charge is 0.231 e. The quantitative estimate of drug-likeness (QED) is 0.671. The summed E-state index contributed by atoms with van der Waals surface area (Å²) in [4.78, 5) is 12.6. The van der Waals surface area contributed by atoms with Crippen molar-refractivity contribution in [2.45, 2.75) is 25.3 Å². The highest BCUT2D eigenvalue weighted by molar-refractivity contribution is 5.75. The number of nitrogens with zero attached hydrogens (tertiary/aromatic N) is 2. The molecule has 0 heterocycles. The average molecular weight is 181 g/mol. The van der Waals surface area contributed by atoms with Gasteiger partial charge in [0.2, 0.25) is 5.91 Å². The lowest BCUT2D eigenvalue weighted by Gasteiger charge is -2.24. The van der Waals surface area contributed by atoms with Crippen LogP contribution in [-0.2, 0) is 4.79 Å². The largest absolute Gasteiger partial charge is 0.369 e. The summed E-state index contributed by atoms with van der Waals surface area (Å²) < 4.78 is 0. The molecule has 0 aromatic heterocycles. The Labute approximate surface area is 78.3 Å². The third kappa shape index (κ3) is 2.43. The first kappa shape index (κ1) is 10.0. The lowest BCUT2D eigenvalue weighted by Crippen LogP contribution is -2.39. The Morgan fingerprint density at radius 1 is 1.69 bits per heavy atom. The van der Waals surface area contributed by atoms with Gasteiger partial charge in [-0.3, -0.25) is 9.69 Å². The monoisotopic (exact) mass is 181 g/mol. The van der Waals surface area contributed by atoms with Gasteiger partial charge in [0.15, 0.2) is 0 Å². The zero-order valence-corrected chi connectivity index (χ0v) is 7.86. The molecular weight excluding hydrogens is 166 g/mol. The van der Waals surface area contributed by atoms with Crippen LogP contribution in [0.25, 0.3) is 0 Å². The molecule has 1 aliphatic carbocycles. The zero-order valence-electron chi connectivity index (χ0n) is 7.86. The van der Waals surface area contributed by atoms with Crippen molar-refractivity contribution in [2.24, 2.45) is 11.7 Å². The molecule has 1 saturated carbocycles. The second-order valence-corrected chi connectivity index (χ2v) is 3.62. The SMILES string of the molecule is CN(CC(N)=O)C1CCCC1C#N. The number of carbonyl (C=O) groups excluding carboxylic acids is 1. The predicted octanol–water partition coefficient (Wildman–Crippen LogP) is 0.0958. The Hall–Kier alpha value is -1.08. The summed E-state index contributed by atoms with van der Waals surface area (Å²) >= 11 is 0. The van der Waals surface area contributed by atoms with Crippen LogP contribution in [0.5, 0.6) is 0 Å². The van der Waals surface area contributed by atoms with E-state index in [0.717, 1.165) is 19.3 Å². The van der Waals surface area contributed by atoms with Gasteiger partial charge in [-0.25, -0.2) is 0 Å². The van der Waals surface area contributed by atoms with Gasteiger partial charge >= 0.3 is 0 Å². The molecule has 2 atom stereocenters. The maximum absolute atomic E-state index is 10.7. The summed E-state index contributed by atoms with van der Waals surface area (Å²) in [7, 11) is 1.85. The van der Waals surface area contributed by atoms with Gasteiger partial charge in [-0.05, 0) is 19.9 Å². The Kier molecular flexibility index (Phi) is 3.26. The lowest BCUT2D eigenvalue weighted by atomic mass is 10.0. The van der Waals surface area contributed by atoms with Crippen LogP contribution in [-0.4, -0.2) is 30.4 Å². The predicted molar refractivity (Wildman–Crippen MR) is 48.6 cm³/mol. The first-order valence-corrected chi connectivity index (χ1v) is 4.53. The van der Waals surface area contributed by atoms with E-state index in [4.69, 9.17) is 11.0 Å². The minimum absolute atomic E-state index is 0.0735. The highest BCUT2D eigenvalue weighted by Gasteiger charge is 2.30. The van der Waals surface area contributed by atoms with E-state index in [1.165, 1.54) is 0 Å². The molecule has 72 valence electrons. The maximum atomic E-state index is 10.7. The van der Waals surface area contributed by atoms with Crippen molar-refractivity contribution in [3.8, 4) is 6.07 Å². The highest BCUT2D eigenvalue weighted by atomic mass is 16.1. The van der Waals surface area contributed by atoms with E-state index in [9.17, 15) is 4.79 Å². The molecule has 0 spiro atoms. The Morgan fingerprint density at radius 2 is 2.38 bits per heavy atom. The van der Waals surface area contributed by atoms with Gasteiger partial charge in [0.05, 0.1) is 18.5 Å². The summed E-state index contributed by atoms with van der Waals surface area (Å²) in [6.07, 6.45) is 3.03. The summed E-state index contributed by atoms with van der Waals surface area (Å²) in [5.74, 6) is -0.254. The highest BCUT2D eigenvalue weighted by Crippen LogP contribution is 2.28. The molecule has 13 heavy (non-hydrogen) atoms. The van der Waals surface area contributed by atoms with Crippen LogP contribution in [0.4, 0.5) is 0 Å². The first-order chi connectivity index (χ1) is 6.15. The molecule has 0 saturated heterocycles.